The second-order valence-corrected chi connectivity index (χ2v) is 8.28. The summed E-state index contributed by atoms with van der Waals surface area (Å²) in [6, 6.07) is 29.2. The Balaban J connectivity index is 0.000000215. The van der Waals surface area contributed by atoms with E-state index >= 15 is 0 Å². The van der Waals surface area contributed by atoms with Gasteiger partial charge in [-0.3, -0.25) is 0 Å². The third kappa shape index (κ3) is 5.48. The summed E-state index contributed by atoms with van der Waals surface area (Å²) in [5, 5.41) is 0. The van der Waals surface area contributed by atoms with Crippen LogP contribution in [0.25, 0.3) is 22.5 Å². The topological polar surface area (TPSA) is 38.2 Å². The van der Waals surface area contributed by atoms with Gasteiger partial charge in [-0.05, 0) is 54.6 Å². The van der Waals surface area contributed by atoms with E-state index in [4.69, 9.17) is 13.0 Å². The van der Waals surface area contributed by atoms with E-state index in [1.807, 2.05) is 56.3 Å². The standard InChI is InChI=1S/C20H17N2O.C12H10N.Ir/c1-13-10-11-18-19(14(13)2)23-20-15(16-8-4-5-12-21-16)7-6-9-17(20)22(18)3;1-10-5-7-11(8-6-10)12-4-2-3-9-13-12;/h4-6,8-12H,1-3H3;2-7,9H,1H3;/q2*-1;/i3D3;1D3;. The minimum Gasteiger partial charge on any atom is -0.497 e. The van der Waals surface area contributed by atoms with E-state index in [2.05, 4.69) is 22.1 Å². The van der Waals surface area contributed by atoms with Crippen LogP contribution in [0.2, 0.25) is 0 Å². The van der Waals surface area contributed by atoms with Crippen molar-refractivity contribution in [3.63, 3.8) is 0 Å². The predicted octanol–water partition coefficient (Wildman–Crippen LogP) is 7.89. The summed E-state index contributed by atoms with van der Waals surface area (Å²) in [6.07, 6.45) is 3.39. The smallest absolute Gasteiger partial charge is 0.141 e. The van der Waals surface area contributed by atoms with Crippen molar-refractivity contribution in [3.8, 4) is 34.0 Å². The number of fused-ring (bicyclic) bond motifs is 2. The van der Waals surface area contributed by atoms with Crippen molar-refractivity contribution in [2.45, 2.75) is 20.7 Å². The first-order valence-electron chi connectivity index (χ1n) is 14.4. The number of ether oxygens (including phenoxy) is 1. The molecule has 1 radical (unpaired) electrons. The van der Waals surface area contributed by atoms with E-state index in [1.54, 1.807) is 42.7 Å². The van der Waals surface area contributed by atoms with Crippen LogP contribution in [0.15, 0.2) is 91.3 Å². The van der Waals surface area contributed by atoms with E-state index in [1.165, 1.54) is 11.0 Å². The van der Waals surface area contributed by atoms with E-state index in [0.717, 1.165) is 22.4 Å². The number of rotatable bonds is 2. The maximum absolute atomic E-state index is 8.07. The Kier molecular flexibility index (Phi) is 6.02. The number of aryl methyl sites for hydroxylation is 2. The van der Waals surface area contributed by atoms with Crippen molar-refractivity contribution < 1.29 is 33.1 Å². The fourth-order valence-corrected chi connectivity index (χ4v) is 3.87. The van der Waals surface area contributed by atoms with Crippen LogP contribution in [0, 0.1) is 32.8 Å². The monoisotopic (exact) mass is 668 g/mol. The predicted molar refractivity (Wildman–Crippen MR) is 146 cm³/mol. The normalized spacial score (nSPS) is 14.3. The van der Waals surface area contributed by atoms with Gasteiger partial charge in [0, 0.05) is 53.4 Å². The molecule has 0 amide bonds. The summed E-state index contributed by atoms with van der Waals surface area (Å²) >= 11 is 0. The number of nitrogens with zero attached hydrogens (tertiary/aromatic N) is 3. The first kappa shape index (κ1) is 19.3. The van der Waals surface area contributed by atoms with Gasteiger partial charge < -0.3 is 19.6 Å². The van der Waals surface area contributed by atoms with Crippen molar-refractivity contribution in [2.75, 3.05) is 11.9 Å². The zero-order valence-electron chi connectivity index (χ0n) is 26.2. The van der Waals surface area contributed by atoms with Crippen LogP contribution < -0.4 is 9.64 Å². The largest absolute Gasteiger partial charge is 0.497 e. The van der Waals surface area contributed by atoms with Crippen LogP contribution in [0.1, 0.15) is 24.9 Å². The van der Waals surface area contributed by atoms with Crippen molar-refractivity contribution in [3.05, 3.63) is 120 Å². The molecule has 0 unspecified atom stereocenters. The van der Waals surface area contributed by atoms with E-state index < -0.39 is 13.8 Å². The summed E-state index contributed by atoms with van der Waals surface area (Å²) in [6.45, 7) is -0.508. The van der Waals surface area contributed by atoms with Crippen LogP contribution in [-0.4, -0.2) is 16.9 Å². The quantitative estimate of drug-likeness (QED) is 0.180. The molecule has 1 aliphatic heterocycles. The van der Waals surface area contributed by atoms with Crippen LogP contribution >= 0.6 is 0 Å². The molecule has 0 atom stereocenters. The molecule has 6 rings (SSSR count). The Hall–Kier alpha value is -3.79. The molecule has 0 saturated heterocycles. The molecule has 0 aliphatic carbocycles. The van der Waals surface area contributed by atoms with Crippen LogP contribution in [0.5, 0.6) is 11.5 Å². The van der Waals surface area contributed by atoms with Gasteiger partial charge in [0.2, 0.25) is 0 Å². The average Bonchev–Trinajstić information content (AvgIpc) is 2.98. The Morgan fingerprint density at radius 1 is 0.811 bits per heavy atom. The van der Waals surface area contributed by atoms with Crippen molar-refractivity contribution in [2.24, 2.45) is 0 Å². The molecule has 0 spiro atoms. The molecular weight excluding hydrogens is 635 g/mol. The van der Waals surface area contributed by atoms with Gasteiger partial charge in [0.15, 0.2) is 0 Å². The van der Waals surface area contributed by atoms with Gasteiger partial charge in [-0.1, -0.05) is 42.7 Å². The van der Waals surface area contributed by atoms with Crippen molar-refractivity contribution >= 4 is 11.4 Å². The fraction of sp³-hybridized carbons (Fsp3) is 0.125. The third-order valence-corrected chi connectivity index (χ3v) is 5.95. The molecule has 2 aromatic heterocycles. The molecule has 5 aromatic rings. The molecule has 37 heavy (non-hydrogen) atoms. The van der Waals surface area contributed by atoms with E-state index in [0.29, 0.717) is 39.7 Å². The molecule has 0 fully saturated rings. The molecule has 3 heterocycles. The van der Waals surface area contributed by atoms with Gasteiger partial charge in [-0.25, -0.2) is 0 Å². The molecule has 0 N–H and O–H groups in total. The summed E-state index contributed by atoms with van der Waals surface area (Å²) < 4.78 is 52.2. The van der Waals surface area contributed by atoms with Crippen LogP contribution in [0.3, 0.4) is 0 Å². The second-order valence-electron chi connectivity index (χ2n) is 8.28. The van der Waals surface area contributed by atoms with E-state index in [-0.39, 0.29) is 20.1 Å². The zero-order valence-corrected chi connectivity index (χ0v) is 22.6. The van der Waals surface area contributed by atoms with Crippen molar-refractivity contribution in [1.82, 2.24) is 9.97 Å². The maximum atomic E-state index is 8.07. The first-order valence-corrected chi connectivity index (χ1v) is 11.4. The SMILES string of the molecule is [2H]C([2H])([2H])N1c2cc[c-]c(-c3ccccn3)c2Oc2c1ccc(C)c2C.[2H]C([2H])([2H])c1c[c-]c(-c2ccccn2)cc1.[Ir]. The number of hydrogen-bond donors (Lipinski definition) is 0. The molecule has 4 nitrogen and oxygen atoms in total. The zero-order chi connectivity index (χ0) is 30.1. The molecular formula is C32H27IrN3O-2. The van der Waals surface area contributed by atoms with Gasteiger partial charge >= 0.3 is 0 Å². The summed E-state index contributed by atoms with van der Waals surface area (Å²) in [5.41, 5.74) is 6.20. The number of aromatic nitrogens is 2. The minimum absolute atomic E-state index is 0. The Bertz CT molecular complexity index is 1690. The van der Waals surface area contributed by atoms with Gasteiger partial charge in [0.05, 0.1) is 11.4 Å². The van der Waals surface area contributed by atoms with Gasteiger partial charge in [0.25, 0.3) is 0 Å². The minimum atomic E-state index is -2.35. The number of benzene rings is 3. The molecule has 187 valence electrons. The molecule has 0 saturated carbocycles. The first-order chi connectivity index (χ1) is 19.9. The fourth-order valence-electron chi connectivity index (χ4n) is 3.87. The summed E-state index contributed by atoms with van der Waals surface area (Å²) in [5.74, 6) is 1.02. The van der Waals surface area contributed by atoms with Crippen LogP contribution in [-0.2, 0) is 20.1 Å². The van der Waals surface area contributed by atoms with E-state index in [9.17, 15) is 0 Å². The second kappa shape index (κ2) is 11.5. The Labute approximate surface area is 240 Å². The number of pyridine rings is 2. The number of anilines is 2. The van der Waals surface area contributed by atoms with Crippen molar-refractivity contribution in [1.29, 1.82) is 0 Å². The maximum Gasteiger partial charge on any atom is 0.141 e. The van der Waals surface area contributed by atoms with Gasteiger partial charge in [-0.15, -0.1) is 53.6 Å². The van der Waals surface area contributed by atoms with Gasteiger partial charge in [0.1, 0.15) is 5.75 Å². The Morgan fingerprint density at radius 2 is 1.57 bits per heavy atom. The summed E-state index contributed by atoms with van der Waals surface area (Å²) in [7, 11) is 0. The molecule has 0 bridgehead atoms. The summed E-state index contributed by atoms with van der Waals surface area (Å²) in [4.78, 5) is 9.89. The molecule has 1 aliphatic rings. The average molecular weight is 668 g/mol. The Morgan fingerprint density at radius 3 is 2.22 bits per heavy atom. The third-order valence-electron chi connectivity index (χ3n) is 5.95. The number of hydrogen-bond acceptors (Lipinski definition) is 4. The van der Waals surface area contributed by atoms with Crippen LogP contribution in [0.4, 0.5) is 11.4 Å². The van der Waals surface area contributed by atoms with Gasteiger partial charge in [-0.2, -0.15) is 0 Å². The molecule has 3 aromatic carbocycles. The molecule has 5 heteroatoms.